The zero-order valence-electron chi connectivity index (χ0n) is 11.1. The van der Waals surface area contributed by atoms with Gasteiger partial charge in [-0.3, -0.25) is 9.88 Å². The summed E-state index contributed by atoms with van der Waals surface area (Å²) in [7, 11) is 3.99. The van der Waals surface area contributed by atoms with Gasteiger partial charge in [-0.15, -0.1) is 0 Å². The van der Waals surface area contributed by atoms with Gasteiger partial charge in [-0.05, 0) is 32.4 Å². The first-order valence-electron chi connectivity index (χ1n) is 5.85. The van der Waals surface area contributed by atoms with E-state index in [1.165, 1.54) is 12.2 Å². The Labute approximate surface area is 108 Å². The standard InChI is InChI=1S/C12H22N4S/c1-10(5-6-17-4)16(3)9-11-7-15-12(13-2)8-14-11/h7-8,10H,5-6,9H2,1-4H3,(H,13,15). The van der Waals surface area contributed by atoms with Crippen LogP contribution in [0.4, 0.5) is 5.82 Å². The van der Waals surface area contributed by atoms with Crippen molar-refractivity contribution in [3.63, 3.8) is 0 Å². The second-order valence-electron chi connectivity index (χ2n) is 4.19. The summed E-state index contributed by atoms with van der Waals surface area (Å²) in [6.45, 7) is 3.11. The van der Waals surface area contributed by atoms with Crippen LogP contribution in [0.3, 0.4) is 0 Å². The number of thioether (sulfide) groups is 1. The van der Waals surface area contributed by atoms with Gasteiger partial charge in [0, 0.05) is 19.6 Å². The minimum atomic E-state index is 0.577. The smallest absolute Gasteiger partial charge is 0.144 e. The average molecular weight is 254 g/mol. The molecule has 1 atom stereocenters. The lowest BCUT2D eigenvalue weighted by Gasteiger charge is -2.23. The molecule has 1 N–H and O–H groups in total. The van der Waals surface area contributed by atoms with Crippen molar-refractivity contribution in [3.8, 4) is 0 Å². The normalized spacial score (nSPS) is 12.8. The fourth-order valence-electron chi connectivity index (χ4n) is 1.49. The minimum absolute atomic E-state index is 0.577. The van der Waals surface area contributed by atoms with Crippen LogP contribution < -0.4 is 5.32 Å². The van der Waals surface area contributed by atoms with Crippen LogP contribution in [-0.4, -0.2) is 47.0 Å². The highest BCUT2D eigenvalue weighted by Crippen LogP contribution is 2.09. The van der Waals surface area contributed by atoms with Crippen LogP contribution in [0.15, 0.2) is 12.4 Å². The van der Waals surface area contributed by atoms with Gasteiger partial charge in [-0.25, -0.2) is 4.98 Å². The van der Waals surface area contributed by atoms with Gasteiger partial charge >= 0.3 is 0 Å². The number of aromatic nitrogens is 2. The van der Waals surface area contributed by atoms with Crippen molar-refractivity contribution in [1.29, 1.82) is 0 Å². The topological polar surface area (TPSA) is 41.1 Å². The lowest BCUT2D eigenvalue weighted by atomic mass is 10.2. The summed E-state index contributed by atoms with van der Waals surface area (Å²) < 4.78 is 0. The van der Waals surface area contributed by atoms with Gasteiger partial charge < -0.3 is 5.32 Å². The lowest BCUT2D eigenvalue weighted by molar-refractivity contribution is 0.242. The van der Waals surface area contributed by atoms with Crippen molar-refractivity contribution in [2.24, 2.45) is 0 Å². The van der Waals surface area contributed by atoms with Crippen LogP contribution in [0.5, 0.6) is 0 Å². The molecule has 96 valence electrons. The van der Waals surface area contributed by atoms with E-state index in [0.29, 0.717) is 6.04 Å². The number of hydrogen-bond donors (Lipinski definition) is 1. The van der Waals surface area contributed by atoms with E-state index >= 15 is 0 Å². The van der Waals surface area contributed by atoms with E-state index in [1.807, 2.05) is 25.0 Å². The van der Waals surface area contributed by atoms with Crippen LogP contribution in [0, 0.1) is 0 Å². The van der Waals surface area contributed by atoms with Gasteiger partial charge in [0.25, 0.3) is 0 Å². The Bertz CT molecular complexity index is 315. The van der Waals surface area contributed by atoms with Crippen molar-refractivity contribution in [1.82, 2.24) is 14.9 Å². The molecule has 0 radical (unpaired) electrons. The molecule has 0 amide bonds. The van der Waals surface area contributed by atoms with Gasteiger partial charge in [0.2, 0.25) is 0 Å². The predicted octanol–water partition coefficient (Wildman–Crippen LogP) is 2.09. The molecule has 0 saturated carbocycles. The number of rotatable bonds is 7. The van der Waals surface area contributed by atoms with Gasteiger partial charge in [0.1, 0.15) is 5.82 Å². The average Bonchev–Trinajstić information content (AvgIpc) is 2.36. The van der Waals surface area contributed by atoms with Crippen molar-refractivity contribution in [2.45, 2.75) is 25.9 Å². The molecule has 0 aliphatic rings. The Kier molecular flexibility index (Phi) is 6.29. The summed E-state index contributed by atoms with van der Waals surface area (Å²) >= 11 is 1.90. The van der Waals surface area contributed by atoms with E-state index in [0.717, 1.165) is 18.1 Å². The monoisotopic (exact) mass is 254 g/mol. The first kappa shape index (κ1) is 14.3. The molecule has 5 heteroatoms. The molecule has 1 heterocycles. The van der Waals surface area contributed by atoms with Crippen molar-refractivity contribution in [3.05, 3.63) is 18.1 Å². The number of nitrogens with zero attached hydrogens (tertiary/aromatic N) is 3. The van der Waals surface area contributed by atoms with Gasteiger partial charge in [-0.1, -0.05) is 0 Å². The molecule has 0 saturated heterocycles. The number of hydrogen-bond acceptors (Lipinski definition) is 5. The number of anilines is 1. The molecule has 0 fully saturated rings. The number of nitrogens with one attached hydrogen (secondary N) is 1. The Morgan fingerprint density at radius 2 is 2.18 bits per heavy atom. The third-order valence-corrected chi connectivity index (χ3v) is 3.51. The largest absolute Gasteiger partial charge is 0.372 e. The van der Waals surface area contributed by atoms with Crippen LogP contribution in [0.2, 0.25) is 0 Å². The summed E-state index contributed by atoms with van der Waals surface area (Å²) in [5.41, 5.74) is 1.02. The zero-order valence-corrected chi connectivity index (χ0v) is 11.9. The molecule has 17 heavy (non-hydrogen) atoms. The molecule has 1 aromatic heterocycles. The van der Waals surface area contributed by atoms with E-state index in [4.69, 9.17) is 0 Å². The fourth-order valence-corrected chi connectivity index (χ4v) is 2.06. The van der Waals surface area contributed by atoms with Crippen molar-refractivity contribution >= 4 is 17.6 Å². The Hall–Kier alpha value is -0.810. The van der Waals surface area contributed by atoms with E-state index in [-0.39, 0.29) is 0 Å². The van der Waals surface area contributed by atoms with E-state index in [1.54, 1.807) is 6.20 Å². The maximum absolute atomic E-state index is 4.38. The molecule has 1 aromatic rings. The van der Waals surface area contributed by atoms with E-state index in [9.17, 15) is 0 Å². The first-order valence-corrected chi connectivity index (χ1v) is 7.24. The third kappa shape index (κ3) is 4.91. The Balaban J connectivity index is 2.46. The predicted molar refractivity (Wildman–Crippen MR) is 75.5 cm³/mol. The van der Waals surface area contributed by atoms with Crippen LogP contribution in [-0.2, 0) is 6.54 Å². The van der Waals surface area contributed by atoms with Crippen LogP contribution in [0.25, 0.3) is 0 Å². The molecular formula is C12H22N4S. The first-order chi connectivity index (χ1) is 8.17. The SMILES string of the molecule is CNc1cnc(CN(C)C(C)CCSC)cn1. The fraction of sp³-hybridized carbons (Fsp3) is 0.667. The molecule has 0 aliphatic heterocycles. The van der Waals surface area contributed by atoms with E-state index in [2.05, 4.69) is 40.4 Å². The molecule has 0 bridgehead atoms. The lowest BCUT2D eigenvalue weighted by Crippen LogP contribution is -2.29. The van der Waals surface area contributed by atoms with Gasteiger partial charge in [0.15, 0.2) is 0 Å². The highest BCUT2D eigenvalue weighted by Gasteiger charge is 2.09. The quantitative estimate of drug-likeness (QED) is 0.807. The molecule has 4 nitrogen and oxygen atoms in total. The highest BCUT2D eigenvalue weighted by atomic mass is 32.2. The summed E-state index contributed by atoms with van der Waals surface area (Å²) in [6, 6.07) is 0.577. The molecule has 0 aliphatic carbocycles. The summed E-state index contributed by atoms with van der Waals surface area (Å²) in [5, 5.41) is 2.97. The van der Waals surface area contributed by atoms with Crippen LogP contribution in [0.1, 0.15) is 19.0 Å². The zero-order chi connectivity index (χ0) is 12.7. The maximum atomic E-state index is 4.38. The van der Waals surface area contributed by atoms with Crippen molar-refractivity contribution < 1.29 is 0 Å². The molecule has 1 rings (SSSR count). The van der Waals surface area contributed by atoms with Crippen LogP contribution >= 0.6 is 11.8 Å². The summed E-state index contributed by atoms with van der Waals surface area (Å²) in [5.74, 6) is 2.02. The highest BCUT2D eigenvalue weighted by molar-refractivity contribution is 7.98. The van der Waals surface area contributed by atoms with Gasteiger partial charge in [0.05, 0.1) is 18.1 Å². The third-order valence-electron chi connectivity index (χ3n) is 2.87. The Morgan fingerprint density at radius 1 is 1.41 bits per heavy atom. The Morgan fingerprint density at radius 3 is 2.71 bits per heavy atom. The van der Waals surface area contributed by atoms with Gasteiger partial charge in [-0.2, -0.15) is 11.8 Å². The molecular weight excluding hydrogens is 232 g/mol. The molecule has 0 aromatic carbocycles. The van der Waals surface area contributed by atoms with Crippen molar-refractivity contribution in [2.75, 3.05) is 31.4 Å². The second kappa shape index (κ2) is 7.50. The summed E-state index contributed by atoms with van der Waals surface area (Å²) in [6.07, 6.45) is 6.97. The maximum Gasteiger partial charge on any atom is 0.144 e. The molecule has 0 spiro atoms. The minimum Gasteiger partial charge on any atom is -0.372 e. The summed E-state index contributed by atoms with van der Waals surface area (Å²) in [4.78, 5) is 11.0. The molecule has 1 unspecified atom stereocenters. The second-order valence-corrected chi connectivity index (χ2v) is 5.17. The van der Waals surface area contributed by atoms with E-state index < -0.39 is 0 Å².